The summed E-state index contributed by atoms with van der Waals surface area (Å²) >= 11 is 0. The smallest absolute Gasteiger partial charge is 0.230 e. The molecule has 4 heteroatoms. The van der Waals surface area contributed by atoms with Gasteiger partial charge in [0, 0.05) is 18.9 Å². The summed E-state index contributed by atoms with van der Waals surface area (Å²) in [5, 5.41) is 0. The van der Waals surface area contributed by atoms with Gasteiger partial charge in [-0.1, -0.05) is 30.3 Å². The lowest BCUT2D eigenvalue weighted by Gasteiger charge is -2.11. The number of terminal acetylenes is 1. The van der Waals surface area contributed by atoms with Crippen molar-refractivity contribution in [2.75, 3.05) is 11.4 Å². The van der Waals surface area contributed by atoms with Gasteiger partial charge in [-0.3, -0.25) is 9.69 Å². The Balaban J connectivity index is 1.87. The van der Waals surface area contributed by atoms with E-state index in [4.69, 9.17) is 6.42 Å². The fourth-order valence-corrected chi connectivity index (χ4v) is 2.24. The SMILES string of the molecule is C#CC1CC(=O)N(c2ncc(-c3ccccc3)[nH]2)C1. The Kier molecular flexibility index (Phi) is 2.81. The molecule has 0 radical (unpaired) electrons. The number of aromatic nitrogens is 2. The molecule has 1 saturated heterocycles. The topological polar surface area (TPSA) is 49.0 Å². The third-order valence-corrected chi connectivity index (χ3v) is 3.26. The van der Waals surface area contributed by atoms with E-state index in [1.54, 1.807) is 11.1 Å². The zero-order valence-corrected chi connectivity index (χ0v) is 10.3. The lowest BCUT2D eigenvalue weighted by molar-refractivity contribution is -0.117. The van der Waals surface area contributed by atoms with Gasteiger partial charge in [0.15, 0.2) is 0 Å². The van der Waals surface area contributed by atoms with E-state index >= 15 is 0 Å². The van der Waals surface area contributed by atoms with Crippen molar-refractivity contribution >= 4 is 11.9 Å². The molecule has 1 aliphatic rings. The summed E-state index contributed by atoms with van der Waals surface area (Å²) in [5.74, 6) is 3.21. The van der Waals surface area contributed by atoms with E-state index in [9.17, 15) is 4.79 Å². The lowest BCUT2D eigenvalue weighted by Crippen LogP contribution is -2.25. The highest BCUT2D eigenvalue weighted by molar-refractivity contribution is 5.94. The van der Waals surface area contributed by atoms with Crippen molar-refractivity contribution in [3.8, 4) is 23.6 Å². The summed E-state index contributed by atoms with van der Waals surface area (Å²) in [4.78, 5) is 20.9. The van der Waals surface area contributed by atoms with Gasteiger partial charge in [0.2, 0.25) is 11.9 Å². The maximum Gasteiger partial charge on any atom is 0.230 e. The van der Waals surface area contributed by atoms with E-state index in [1.807, 2.05) is 30.3 Å². The van der Waals surface area contributed by atoms with Crippen LogP contribution in [-0.4, -0.2) is 22.4 Å². The van der Waals surface area contributed by atoms with Crippen LogP contribution in [-0.2, 0) is 4.79 Å². The largest absolute Gasteiger partial charge is 0.324 e. The molecule has 1 atom stereocenters. The minimum atomic E-state index is -0.0159. The molecule has 1 amide bonds. The van der Waals surface area contributed by atoms with Crippen molar-refractivity contribution in [2.45, 2.75) is 6.42 Å². The van der Waals surface area contributed by atoms with Crippen molar-refractivity contribution in [2.24, 2.45) is 5.92 Å². The van der Waals surface area contributed by atoms with E-state index in [2.05, 4.69) is 15.9 Å². The molecule has 0 aliphatic carbocycles. The van der Waals surface area contributed by atoms with Crippen LogP contribution in [0.15, 0.2) is 36.5 Å². The zero-order chi connectivity index (χ0) is 13.2. The molecule has 1 unspecified atom stereocenters. The standard InChI is InChI=1S/C15H13N3O/c1-2-11-8-14(19)18(10-11)15-16-9-13(17-15)12-6-4-3-5-7-12/h1,3-7,9,11H,8,10H2,(H,16,17). The highest BCUT2D eigenvalue weighted by Gasteiger charge is 2.31. The molecule has 2 heterocycles. The summed E-state index contributed by atoms with van der Waals surface area (Å²) in [6.07, 6.45) is 7.51. The third kappa shape index (κ3) is 2.11. The number of benzene rings is 1. The van der Waals surface area contributed by atoms with Crippen LogP contribution in [0.25, 0.3) is 11.3 Å². The number of carbonyl (C=O) groups is 1. The molecule has 19 heavy (non-hydrogen) atoms. The van der Waals surface area contributed by atoms with Gasteiger partial charge in [-0.2, -0.15) is 0 Å². The average molecular weight is 251 g/mol. The Morgan fingerprint density at radius 3 is 2.84 bits per heavy atom. The second-order valence-corrected chi connectivity index (χ2v) is 4.56. The Morgan fingerprint density at radius 2 is 2.16 bits per heavy atom. The highest BCUT2D eigenvalue weighted by atomic mass is 16.2. The van der Waals surface area contributed by atoms with Crippen LogP contribution < -0.4 is 4.90 Å². The number of amides is 1. The van der Waals surface area contributed by atoms with Gasteiger partial charge in [0.25, 0.3) is 0 Å². The molecule has 4 nitrogen and oxygen atoms in total. The second kappa shape index (κ2) is 4.62. The molecular weight excluding hydrogens is 238 g/mol. The lowest BCUT2D eigenvalue weighted by atomic mass is 10.1. The number of imidazole rings is 1. The summed E-state index contributed by atoms with van der Waals surface area (Å²) in [7, 11) is 0. The first-order valence-electron chi connectivity index (χ1n) is 6.15. The number of hydrogen-bond acceptors (Lipinski definition) is 2. The molecule has 0 bridgehead atoms. The normalized spacial score (nSPS) is 18.6. The van der Waals surface area contributed by atoms with Crippen LogP contribution in [0.5, 0.6) is 0 Å². The molecule has 1 aromatic heterocycles. The third-order valence-electron chi connectivity index (χ3n) is 3.26. The van der Waals surface area contributed by atoms with Gasteiger partial charge < -0.3 is 4.98 Å². The number of aromatic amines is 1. The molecule has 1 N–H and O–H groups in total. The number of nitrogens with zero attached hydrogens (tertiary/aromatic N) is 2. The van der Waals surface area contributed by atoms with Crippen LogP contribution >= 0.6 is 0 Å². The first-order chi connectivity index (χ1) is 9.28. The number of hydrogen-bond donors (Lipinski definition) is 1. The second-order valence-electron chi connectivity index (χ2n) is 4.56. The van der Waals surface area contributed by atoms with Gasteiger partial charge in [-0.25, -0.2) is 4.98 Å². The molecule has 2 aromatic rings. The van der Waals surface area contributed by atoms with Crippen LogP contribution in [0.2, 0.25) is 0 Å². The number of H-pyrrole nitrogens is 1. The maximum atomic E-state index is 11.9. The van der Waals surface area contributed by atoms with E-state index < -0.39 is 0 Å². The molecule has 1 aromatic carbocycles. The molecule has 1 aliphatic heterocycles. The van der Waals surface area contributed by atoms with E-state index in [0.29, 0.717) is 18.9 Å². The molecule has 0 saturated carbocycles. The van der Waals surface area contributed by atoms with Crippen LogP contribution in [0.1, 0.15) is 6.42 Å². The van der Waals surface area contributed by atoms with Gasteiger partial charge in [-0.05, 0) is 5.56 Å². The van der Waals surface area contributed by atoms with E-state index in [0.717, 1.165) is 11.3 Å². The van der Waals surface area contributed by atoms with E-state index in [1.165, 1.54) is 0 Å². The van der Waals surface area contributed by atoms with Crippen molar-refractivity contribution in [1.29, 1.82) is 0 Å². The first-order valence-corrected chi connectivity index (χ1v) is 6.15. The van der Waals surface area contributed by atoms with Crippen molar-refractivity contribution in [3.63, 3.8) is 0 Å². The maximum absolute atomic E-state index is 11.9. The van der Waals surface area contributed by atoms with Gasteiger partial charge in [0.05, 0.1) is 11.9 Å². The predicted molar refractivity (Wildman–Crippen MR) is 73.3 cm³/mol. The predicted octanol–water partition coefficient (Wildman–Crippen LogP) is 2.06. The van der Waals surface area contributed by atoms with Gasteiger partial charge in [0.1, 0.15) is 0 Å². The fourth-order valence-electron chi connectivity index (χ4n) is 2.24. The number of rotatable bonds is 2. The summed E-state index contributed by atoms with van der Waals surface area (Å²) in [5.41, 5.74) is 1.94. The average Bonchev–Trinajstić information content (AvgIpc) is 3.06. The van der Waals surface area contributed by atoms with Crippen LogP contribution in [0, 0.1) is 18.3 Å². The fraction of sp³-hybridized carbons (Fsp3) is 0.200. The number of carbonyl (C=O) groups excluding carboxylic acids is 1. The summed E-state index contributed by atoms with van der Waals surface area (Å²) in [6, 6.07) is 9.87. The number of nitrogens with one attached hydrogen (secondary N) is 1. The highest BCUT2D eigenvalue weighted by Crippen LogP contribution is 2.25. The Bertz CT molecular complexity index is 639. The quantitative estimate of drug-likeness (QED) is 0.830. The molecule has 3 rings (SSSR count). The van der Waals surface area contributed by atoms with E-state index in [-0.39, 0.29) is 11.8 Å². The Morgan fingerprint density at radius 1 is 1.37 bits per heavy atom. The van der Waals surface area contributed by atoms with Crippen LogP contribution in [0.3, 0.4) is 0 Å². The minimum absolute atomic E-state index is 0.0159. The Labute approximate surface area is 111 Å². The van der Waals surface area contributed by atoms with Crippen molar-refractivity contribution < 1.29 is 4.79 Å². The monoisotopic (exact) mass is 251 g/mol. The Hall–Kier alpha value is -2.54. The van der Waals surface area contributed by atoms with Crippen LogP contribution in [0.4, 0.5) is 5.95 Å². The zero-order valence-electron chi connectivity index (χ0n) is 10.3. The van der Waals surface area contributed by atoms with Gasteiger partial charge in [-0.15, -0.1) is 12.3 Å². The molecule has 0 spiro atoms. The molecule has 1 fully saturated rings. The summed E-state index contributed by atoms with van der Waals surface area (Å²) in [6.45, 7) is 0.539. The first kappa shape index (κ1) is 11.5. The molecule has 94 valence electrons. The van der Waals surface area contributed by atoms with Crippen molar-refractivity contribution in [1.82, 2.24) is 9.97 Å². The minimum Gasteiger partial charge on any atom is -0.324 e. The van der Waals surface area contributed by atoms with Crippen molar-refractivity contribution in [3.05, 3.63) is 36.5 Å². The molecular formula is C15H13N3O. The van der Waals surface area contributed by atoms with Gasteiger partial charge >= 0.3 is 0 Å². The summed E-state index contributed by atoms with van der Waals surface area (Å²) < 4.78 is 0. The number of anilines is 1.